The number of carbonyl (C=O) groups excluding carboxylic acids is 3. The fourth-order valence-electron chi connectivity index (χ4n) is 4.42. The summed E-state index contributed by atoms with van der Waals surface area (Å²) in [6, 6.07) is 9.71. The van der Waals surface area contributed by atoms with Crippen molar-refractivity contribution in [1.82, 2.24) is 5.32 Å². The lowest BCUT2D eigenvalue weighted by Crippen LogP contribution is -2.44. The average Bonchev–Trinajstić information content (AvgIpc) is 2.78. The van der Waals surface area contributed by atoms with Gasteiger partial charge in [0.25, 0.3) is 5.91 Å². The predicted octanol–water partition coefficient (Wildman–Crippen LogP) is 3.59. The maximum atomic E-state index is 12.9. The molecule has 158 valence electrons. The Labute approximate surface area is 173 Å². The number of rotatable bonds is 7. The largest absolute Gasteiger partial charge is 0.454 e. The Kier molecular flexibility index (Phi) is 8.08. The first-order valence-corrected chi connectivity index (χ1v) is 11.0. The summed E-state index contributed by atoms with van der Waals surface area (Å²) in [5.41, 5.74) is 0.839. The van der Waals surface area contributed by atoms with Crippen LogP contribution in [0.3, 0.4) is 0 Å². The summed E-state index contributed by atoms with van der Waals surface area (Å²) >= 11 is 0. The number of carbonyl (C=O) groups is 3. The molecule has 0 saturated heterocycles. The molecule has 2 aliphatic rings. The van der Waals surface area contributed by atoms with E-state index in [1.165, 1.54) is 12.8 Å². The second-order valence-electron chi connectivity index (χ2n) is 8.10. The maximum absolute atomic E-state index is 12.9. The van der Waals surface area contributed by atoms with Gasteiger partial charge in [-0.2, -0.15) is 0 Å². The lowest BCUT2D eigenvalue weighted by molar-refractivity contribution is -0.148. The molecule has 1 aromatic rings. The van der Waals surface area contributed by atoms with Crippen LogP contribution in [-0.4, -0.2) is 37.0 Å². The second kappa shape index (κ2) is 11.0. The normalized spacial score (nSPS) is 18.1. The smallest absolute Gasteiger partial charge is 0.325 e. The summed E-state index contributed by atoms with van der Waals surface area (Å²) in [4.78, 5) is 38.9. The summed E-state index contributed by atoms with van der Waals surface area (Å²) < 4.78 is 5.19. The van der Waals surface area contributed by atoms with Gasteiger partial charge < -0.3 is 15.0 Å². The van der Waals surface area contributed by atoms with Crippen LogP contribution in [0.2, 0.25) is 0 Å². The number of amides is 2. The summed E-state index contributed by atoms with van der Waals surface area (Å²) in [6.07, 6.45) is 10.4. The van der Waals surface area contributed by atoms with Crippen molar-refractivity contribution in [2.24, 2.45) is 5.92 Å². The van der Waals surface area contributed by atoms with Gasteiger partial charge in [-0.15, -0.1) is 0 Å². The van der Waals surface area contributed by atoms with E-state index in [2.05, 4.69) is 5.32 Å². The van der Waals surface area contributed by atoms with E-state index < -0.39 is 5.97 Å². The second-order valence-corrected chi connectivity index (χ2v) is 8.10. The number of hydrogen-bond acceptors (Lipinski definition) is 4. The van der Waals surface area contributed by atoms with E-state index in [0.29, 0.717) is 0 Å². The molecule has 6 nitrogen and oxygen atoms in total. The van der Waals surface area contributed by atoms with Crippen molar-refractivity contribution in [1.29, 1.82) is 0 Å². The number of ether oxygens (including phenoxy) is 1. The van der Waals surface area contributed by atoms with Crippen LogP contribution in [0.5, 0.6) is 0 Å². The van der Waals surface area contributed by atoms with Gasteiger partial charge in [0, 0.05) is 17.6 Å². The number of benzene rings is 1. The topological polar surface area (TPSA) is 75.7 Å². The van der Waals surface area contributed by atoms with Gasteiger partial charge in [0.15, 0.2) is 6.61 Å². The van der Waals surface area contributed by atoms with E-state index in [1.807, 2.05) is 30.3 Å². The summed E-state index contributed by atoms with van der Waals surface area (Å²) in [7, 11) is 0. The quantitative estimate of drug-likeness (QED) is 0.710. The monoisotopic (exact) mass is 400 g/mol. The van der Waals surface area contributed by atoms with Gasteiger partial charge in [0.05, 0.1) is 0 Å². The summed E-state index contributed by atoms with van der Waals surface area (Å²) in [5.74, 6) is -0.867. The van der Waals surface area contributed by atoms with E-state index in [1.54, 1.807) is 4.90 Å². The minimum atomic E-state index is -0.570. The average molecular weight is 401 g/mol. The molecule has 29 heavy (non-hydrogen) atoms. The lowest BCUT2D eigenvalue weighted by atomic mass is 9.89. The zero-order valence-electron chi connectivity index (χ0n) is 17.1. The molecule has 1 N–H and O–H groups in total. The van der Waals surface area contributed by atoms with Gasteiger partial charge in [-0.25, -0.2) is 0 Å². The molecule has 0 heterocycles. The number of para-hydroxylation sites is 1. The van der Waals surface area contributed by atoms with Crippen LogP contribution in [-0.2, 0) is 19.1 Å². The molecule has 0 radical (unpaired) electrons. The van der Waals surface area contributed by atoms with Gasteiger partial charge in [-0.3, -0.25) is 14.4 Å². The van der Waals surface area contributed by atoms with Crippen molar-refractivity contribution in [2.75, 3.05) is 18.1 Å². The molecule has 0 atom stereocenters. The Morgan fingerprint density at radius 2 is 1.52 bits per heavy atom. The number of nitrogens with one attached hydrogen (secondary N) is 1. The van der Waals surface area contributed by atoms with Crippen LogP contribution in [0.25, 0.3) is 0 Å². The van der Waals surface area contributed by atoms with Crippen LogP contribution in [0.15, 0.2) is 30.3 Å². The first-order chi connectivity index (χ1) is 14.1. The number of anilines is 1. The van der Waals surface area contributed by atoms with Gasteiger partial charge >= 0.3 is 5.97 Å². The molecule has 0 bridgehead atoms. The third kappa shape index (κ3) is 6.31. The van der Waals surface area contributed by atoms with E-state index in [4.69, 9.17) is 4.74 Å². The predicted molar refractivity (Wildman–Crippen MR) is 111 cm³/mol. The summed E-state index contributed by atoms with van der Waals surface area (Å²) in [5, 5.41) is 2.66. The zero-order chi connectivity index (χ0) is 20.5. The van der Waals surface area contributed by atoms with E-state index >= 15 is 0 Å². The maximum Gasteiger partial charge on any atom is 0.325 e. The van der Waals surface area contributed by atoms with E-state index in [0.717, 1.165) is 57.1 Å². The molecule has 1 aromatic carbocycles. The zero-order valence-corrected chi connectivity index (χ0v) is 17.1. The van der Waals surface area contributed by atoms with Crippen molar-refractivity contribution < 1.29 is 19.1 Å². The molecule has 2 saturated carbocycles. The van der Waals surface area contributed by atoms with Crippen LogP contribution in [0.4, 0.5) is 5.69 Å². The fraction of sp³-hybridized carbons (Fsp3) is 0.609. The van der Waals surface area contributed by atoms with Crippen LogP contribution >= 0.6 is 0 Å². The van der Waals surface area contributed by atoms with Crippen LogP contribution < -0.4 is 10.2 Å². The van der Waals surface area contributed by atoms with Gasteiger partial charge in [-0.1, -0.05) is 56.7 Å². The molecular formula is C23H32N2O4. The Bertz CT molecular complexity index is 679. The van der Waals surface area contributed by atoms with Gasteiger partial charge in [0.2, 0.25) is 5.91 Å². The lowest BCUT2D eigenvalue weighted by Gasteiger charge is -2.34. The van der Waals surface area contributed by atoms with Crippen LogP contribution in [0, 0.1) is 5.92 Å². The fourth-order valence-corrected chi connectivity index (χ4v) is 4.42. The minimum Gasteiger partial charge on any atom is -0.454 e. The molecule has 0 spiro atoms. The molecular weight excluding hydrogens is 368 g/mol. The first-order valence-electron chi connectivity index (χ1n) is 11.0. The SMILES string of the molecule is O=C(CNC(=O)C1CCCCC1)OCC(=O)N(c1ccccc1)C1CCCCC1. The third-order valence-electron chi connectivity index (χ3n) is 5.98. The van der Waals surface area contributed by atoms with Crippen molar-refractivity contribution in [3.63, 3.8) is 0 Å². The van der Waals surface area contributed by atoms with E-state index in [-0.39, 0.29) is 36.9 Å². The van der Waals surface area contributed by atoms with Crippen molar-refractivity contribution in [2.45, 2.75) is 70.3 Å². The van der Waals surface area contributed by atoms with Crippen molar-refractivity contribution in [3.05, 3.63) is 30.3 Å². The number of hydrogen-bond donors (Lipinski definition) is 1. The highest BCUT2D eigenvalue weighted by Gasteiger charge is 2.28. The van der Waals surface area contributed by atoms with Crippen molar-refractivity contribution >= 4 is 23.5 Å². The number of esters is 1. The molecule has 0 unspecified atom stereocenters. The molecule has 3 rings (SSSR count). The first kappa shape index (κ1) is 21.3. The molecule has 0 aromatic heterocycles. The molecule has 6 heteroatoms. The molecule has 2 fully saturated rings. The Morgan fingerprint density at radius 3 is 2.17 bits per heavy atom. The van der Waals surface area contributed by atoms with Gasteiger partial charge in [0.1, 0.15) is 6.54 Å². The Morgan fingerprint density at radius 1 is 0.897 bits per heavy atom. The molecule has 2 aliphatic carbocycles. The molecule has 0 aliphatic heterocycles. The van der Waals surface area contributed by atoms with E-state index in [9.17, 15) is 14.4 Å². The Balaban J connectivity index is 1.50. The highest BCUT2D eigenvalue weighted by Crippen LogP contribution is 2.27. The van der Waals surface area contributed by atoms with Gasteiger partial charge in [-0.05, 0) is 37.8 Å². The highest BCUT2D eigenvalue weighted by atomic mass is 16.5. The Hall–Kier alpha value is -2.37. The highest BCUT2D eigenvalue weighted by molar-refractivity contribution is 5.96. The standard InChI is InChI=1S/C23H32N2O4/c26-21(17-29-22(27)16-24-23(28)18-10-4-1-5-11-18)25(19-12-6-2-7-13-19)20-14-8-3-9-15-20/h2,6-7,12-13,18,20H,1,3-5,8-11,14-17H2,(H,24,28). The summed E-state index contributed by atoms with van der Waals surface area (Å²) in [6.45, 7) is -0.485. The number of nitrogens with zero attached hydrogens (tertiary/aromatic N) is 1. The van der Waals surface area contributed by atoms with Crippen LogP contribution in [0.1, 0.15) is 64.2 Å². The molecule has 2 amide bonds. The minimum absolute atomic E-state index is 0.00180. The van der Waals surface area contributed by atoms with Crippen molar-refractivity contribution in [3.8, 4) is 0 Å². The third-order valence-corrected chi connectivity index (χ3v) is 5.98.